The third kappa shape index (κ3) is 5.49. The Labute approximate surface area is 183 Å². The SMILES string of the molecule is COc1ccc(NC(=O)c2c(NC(=O)CCC(=O)[O-])sc(-c3ccccc3)c2C)cc1. The van der Waals surface area contributed by atoms with Gasteiger partial charge in [-0.3, -0.25) is 9.59 Å². The summed E-state index contributed by atoms with van der Waals surface area (Å²) >= 11 is 1.27. The standard InChI is InChI=1S/C23H22N2O5S/c1-14-20(22(29)24-16-8-10-17(30-2)11-9-16)23(25-18(26)12-13-19(27)28)31-21(14)15-6-4-3-5-7-15/h3-11H,12-13H2,1-2H3,(H,24,29)(H,25,26)(H,27,28)/p-1. The van der Waals surface area contributed by atoms with Gasteiger partial charge in [0.05, 0.1) is 12.7 Å². The predicted octanol–water partition coefficient (Wildman–Crippen LogP) is 3.45. The number of ether oxygens (including phenoxy) is 1. The molecule has 0 radical (unpaired) electrons. The van der Waals surface area contributed by atoms with Gasteiger partial charge in [0, 0.05) is 23.0 Å². The molecule has 1 aromatic heterocycles. The zero-order valence-electron chi connectivity index (χ0n) is 17.1. The lowest BCUT2D eigenvalue weighted by Gasteiger charge is -2.10. The molecule has 2 aromatic carbocycles. The van der Waals surface area contributed by atoms with E-state index in [1.165, 1.54) is 11.3 Å². The molecule has 0 saturated carbocycles. The first-order valence-electron chi connectivity index (χ1n) is 9.53. The molecule has 0 atom stereocenters. The second-order valence-electron chi connectivity index (χ2n) is 6.73. The van der Waals surface area contributed by atoms with Crippen molar-refractivity contribution in [1.82, 2.24) is 0 Å². The Morgan fingerprint density at radius 1 is 0.968 bits per heavy atom. The van der Waals surface area contributed by atoms with Gasteiger partial charge in [-0.05, 0) is 48.7 Å². The number of hydrogen-bond acceptors (Lipinski definition) is 6. The van der Waals surface area contributed by atoms with Crippen molar-refractivity contribution in [2.45, 2.75) is 19.8 Å². The summed E-state index contributed by atoms with van der Waals surface area (Å²) in [6, 6.07) is 16.4. The van der Waals surface area contributed by atoms with E-state index in [0.717, 1.165) is 16.0 Å². The van der Waals surface area contributed by atoms with Crippen LogP contribution in [0.4, 0.5) is 10.7 Å². The minimum Gasteiger partial charge on any atom is -0.550 e. The van der Waals surface area contributed by atoms with Gasteiger partial charge in [-0.1, -0.05) is 30.3 Å². The van der Waals surface area contributed by atoms with E-state index >= 15 is 0 Å². The van der Waals surface area contributed by atoms with Crippen molar-refractivity contribution >= 4 is 39.8 Å². The Bertz CT molecular complexity index is 1090. The van der Waals surface area contributed by atoms with Crippen molar-refractivity contribution in [3.63, 3.8) is 0 Å². The molecular formula is C23H21N2O5S-. The number of nitrogens with one attached hydrogen (secondary N) is 2. The van der Waals surface area contributed by atoms with Crippen molar-refractivity contribution in [2.24, 2.45) is 0 Å². The molecule has 7 nitrogen and oxygen atoms in total. The molecule has 2 N–H and O–H groups in total. The van der Waals surface area contributed by atoms with Crippen molar-refractivity contribution in [3.8, 4) is 16.2 Å². The summed E-state index contributed by atoms with van der Waals surface area (Å²) in [6.45, 7) is 1.82. The summed E-state index contributed by atoms with van der Waals surface area (Å²) in [5.41, 5.74) is 2.55. The van der Waals surface area contributed by atoms with Gasteiger partial charge in [-0.2, -0.15) is 0 Å². The van der Waals surface area contributed by atoms with E-state index in [1.54, 1.807) is 31.4 Å². The van der Waals surface area contributed by atoms with Crippen molar-refractivity contribution in [2.75, 3.05) is 17.7 Å². The first-order chi connectivity index (χ1) is 14.9. The number of rotatable bonds is 8. The van der Waals surface area contributed by atoms with Gasteiger partial charge in [0.25, 0.3) is 5.91 Å². The van der Waals surface area contributed by atoms with Crippen molar-refractivity contribution in [1.29, 1.82) is 0 Å². The maximum absolute atomic E-state index is 13.1. The fourth-order valence-corrected chi connectivity index (χ4v) is 4.24. The van der Waals surface area contributed by atoms with Gasteiger partial charge in [0.15, 0.2) is 0 Å². The first-order valence-corrected chi connectivity index (χ1v) is 10.3. The highest BCUT2D eigenvalue weighted by Gasteiger charge is 2.23. The highest BCUT2D eigenvalue weighted by Crippen LogP contribution is 2.40. The molecule has 0 fully saturated rings. The fourth-order valence-electron chi connectivity index (χ4n) is 3.01. The zero-order valence-corrected chi connectivity index (χ0v) is 17.9. The highest BCUT2D eigenvalue weighted by molar-refractivity contribution is 7.20. The number of hydrogen-bond donors (Lipinski definition) is 2. The normalized spacial score (nSPS) is 10.4. The summed E-state index contributed by atoms with van der Waals surface area (Å²) in [5, 5.41) is 16.6. The van der Waals surface area contributed by atoms with Crippen LogP contribution in [-0.4, -0.2) is 24.9 Å². The molecule has 3 aromatic rings. The van der Waals surface area contributed by atoms with Crippen molar-refractivity contribution < 1.29 is 24.2 Å². The molecule has 0 saturated heterocycles. The van der Waals surface area contributed by atoms with Gasteiger partial charge in [0.2, 0.25) is 5.91 Å². The number of anilines is 2. The molecule has 31 heavy (non-hydrogen) atoms. The number of carbonyl (C=O) groups is 3. The van der Waals surface area contributed by atoms with E-state index in [-0.39, 0.29) is 12.3 Å². The molecule has 8 heteroatoms. The molecule has 1 heterocycles. The molecular weight excluding hydrogens is 416 g/mol. The maximum atomic E-state index is 13.1. The molecule has 0 bridgehead atoms. The Morgan fingerprint density at radius 2 is 1.65 bits per heavy atom. The summed E-state index contributed by atoms with van der Waals surface area (Å²) < 4.78 is 5.13. The lowest BCUT2D eigenvalue weighted by atomic mass is 10.1. The molecule has 0 spiro atoms. The number of carboxylic acid groups (broad SMARTS) is 1. The van der Waals surface area contributed by atoms with Crippen LogP contribution in [0.3, 0.4) is 0 Å². The van der Waals surface area contributed by atoms with Crippen LogP contribution in [0.5, 0.6) is 5.75 Å². The van der Waals surface area contributed by atoms with E-state index in [4.69, 9.17) is 4.74 Å². The lowest BCUT2D eigenvalue weighted by molar-refractivity contribution is -0.305. The van der Waals surface area contributed by atoms with Crippen LogP contribution in [0.25, 0.3) is 10.4 Å². The topological polar surface area (TPSA) is 108 Å². The second kappa shape index (κ2) is 9.90. The van der Waals surface area contributed by atoms with Crippen LogP contribution in [0, 0.1) is 6.92 Å². The first kappa shape index (κ1) is 22.0. The number of thiophene rings is 1. The van der Waals surface area contributed by atoms with Crippen LogP contribution in [0.2, 0.25) is 0 Å². The van der Waals surface area contributed by atoms with Gasteiger partial charge in [-0.15, -0.1) is 11.3 Å². The average molecular weight is 437 g/mol. The highest BCUT2D eigenvalue weighted by atomic mass is 32.1. The van der Waals surface area contributed by atoms with E-state index in [1.807, 2.05) is 37.3 Å². The largest absolute Gasteiger partial charge is 0.550 e. The van der Waals surface area contributed by atoms with E-state index in [2.05, 4.69) is 10.6 Å². The second-order valence-corrected chi connectivity index (χ2v) is 7.75. The van der Waals surface area contributed by atoms with Gasteiger partial charge in [-0.25, -0.2) is 0 Å². The summed E-state index contributed by atoms with van der Waals surface area (Å²) in [4.78, 5) is 36.9. The number of aliphatic carboxylic acids is 1. The monoisotopic (exact) mass is 437 g/mol. The van der Waals surface area contributed by atoms with Gasteiger partial charge < -0.3 is 25.3 Å². The molecule has 3 rings (SSSR count). The van der Waals surface area contributed by atoms with E-state index < -0.39 is 18.3 Å². The number of carbonyl (C=O) groups excluding carboxylic acids is 3. The Hall–Kier alpha value is -3.65. The smallest absolute Gasteiger partial charge is 0.258 e. The Balaban J connectivity index is 1.93. The van der Waals surface area contributed by atoms with Crippen LogP contribution in [0.15, 0.2) is 54.6 Å². The molecule has 0 aliphatic rings. The van der Waals surface area contributed by atoms with Crippen molar-refractivity contribution in [3.05, 3.63) is 65.7 Å². The lowest BCUT2D eigenvalue weighted by Crippen LogP contribution is -2.24. The van der Waals surface area contributed by atoms with Crippen LogP contribution >= 0.6 is 11.3 Å². The molecule has 0 unspecified atom stereocenters. The minimum atomic E-state index is -1.31. The van der Waals surface area contributed by atoms with E-state index in [0.29, 0.717) is 22.0 Å². The summed E-state index contributed by atoms with van der Waals surface area (Å²) in [5.74, 6) is -1.52. The number of amides is 2. The Morgan fingerprint density at radius 3 is 2.26 bits per heavy atom. The predicted molar refractivity (Wildman–Crippen MR) is 118 cm³/mol. The summed E-state index contributed by atoms with van der Waals surface area (Å²) in [7, 11) is 1.56. The zero-order chi connectivity index (χ0) is 22.4. The molecule has 160 valence electrons. The minimum absolute atomic E-state index is 0.237. The Kier molecular flexibility index (Phi) is 7.04. The third-order valence-electron chi connectivity index (χ3n) is 4.57. The average Bonchev–Trinajstić information content (AvgIpc) is 3.09. The van der Waals surface area contributed by atoms with Crippen LogP contribution < -0.4 is 20.5 Å². The molecule has 0 aliphatic carbocycles. The maximum Gasteiger partial charge on any atom is 0.258 e. The van der Waals surface area contributed by atoms with Crippen LogP contribution in [0.1, 0.15) is 28.8 Å². The number of benzene rings is 2. The number of methoxy groups -OCH3 is 1. The van der Waals surface area contributed by atoms with Gasteiger partial charge >= 0.3 is 0 Å². The fraction of sp³-hybridized carbons (Fsp3) is 0.174. The van der Waals surface area contributed by atoms with E-state index in [9.17, 15) is 19.5 Å². The third-order valence-corrected chi connectivity index (χ3v) is 5.82. The quantitative estimate of drug-likeness (QED) is 0.561. The van der Waals surface area contributed by atoms with Crippen LogP contribution in [-0.2, 0) is 9.59 Å². The molecule has 2 amide bonds. The summed E-state index contributed by atoms with van der Waals surface area (Å²) in [6.07, 6.45) is -0.630. The number of carboxylic acids is 1. The molecule has 0 aliphatic heterocycles. The van der Waals surface area contributed by atoms with Gasteiger partial charge in [0.1, 0.15) is 10.8 Å².